The molecule has 0 bridgehead atoms. The molecule has 108 valence electrons. The van der Waals surface area contributed by atoms with Crippen molar-refractivity contribution in [2.24, 2.45) is 0 Å². The second kappa shape index (κ2) is 5.78. The topological polar surface area (TPSA) is 64.6 Å². The van der Waals surface area contributed by atoms with Gasteiger partial charge >= 0.3 is 0 Å². The maximum absolute atomic E-state index is 12.2. The van der Waals surface area contributed by atoms with Crippen LogP contribution in [0.15, 0.2) is 42.9 Å². The van der Waals surface area contributed by atoms with Crippen LogP contribution in [0, 0.1) is 0 Å². The molecule has 1 aromatic heterocycles. The third kappa shape index (κ3) is 2.94. The molecule has 0 fully saturated rings. The Hall–Kier alpha value is -2.63. The van der Waals surface area contributed by atoms with Gasteiger partial charge in [0.25, 0.3) is 5.91 Å². The molecular weight excluding hydrogens is 270 g/mol. The Bertz CT molecular complexity index is 633. The average molecular weight is 285 g/mol. The summed E-state index contributed by atoms with van der Waals surface area (Å²) in [5.41, 5.74) is 0.317. The van der Waals surface area contributed by atoms with Crippen LogP contribution < -0.4 is 9.47 Å². The van der Waals surface area contributed by atoms with E-state index >= 15 is 0 Å². The van der Waals surface area contributed by atoms with Crippen molar-refractivity contribution in [2.45, 2.75) is 6.10 Å². The number of ether oxygens (including phenoxy) is 2. The van der Waals surface area contributed by atoms with E-state index in [4.69, 9.17) is 9.47 Å². The third-order valence-electron chi connectivity index (χ3n) is 3.17. The van der Waals surface area contributed by atoms with E-state index in [1.807, 2.05) is 24.3 Å². The van der Waals surface area contributed by atoms with Crippen LogP contribution in [0.25, 0.3) is 0 Å². The van der Waals surface area contributed by atoms with Crippen molar-refractivity contribution < 1.29 is 14.3 Å². The maximum atomic E-state index is 12.2. The summed E-state index contributed by atoms with van der Waals surface area (Å²) in [6, 6.07) is 7.50. The predicted octanol–water partition coefficient (Wildman–Crippen LogP) is 1.39. The summed E-state index contributed by atoms with van der Waals surface area (Å²) in [5.74, 6) is 1.25. The van der Waals surface area contributed by atoms with E-state index in [2.05, 4.69) is 9.97 Å². The molecule has 0 N–H and O–H groups in total. The summed E-state index contributed by atoms with van der Waals surface area (Å²) >= 11 is 0. The standard InChI is InChI=1S/C15H15N3O3/c1-18(15(19)12-8-16-6-7-17-12)9-11-10-20-13-4-2-3-5-14(13)21-11/h2-8,11H,9-10H2,1H3. The number of carbonyl (C=O) groups is 1. The zero-order chi connectivity index (χ0) is 14.7. The van der Waals surface area contributed by atoms with Crippen molar-refractivity contribution in [1.82, 2.24) is 14.9 Å². The highest BCUT2D eigenvalue weighted by Gasteiger charge is 2.24. The van der Waals surface area contributed by atoms with Gasteiger partial charge in [-0.3, -0.25) is 9.78 Å². The molecule has 1 aliphatic heterocycles. The highest BCUT2D eigenvalue weighted by molar-refractivity contribution is 5.91. The molecular formula is C15H15N3O3. The summed E-state index contributed by atoms with van der Waals surface area (Å²) in [6.07, 6.45) is 4.28. The molecule has 0 aliphatic carbocycles. The Balaban J connectivity index is 1.64. The molecule has 2 aromatic rings. The van der Waals surface area contributed by atoms with Crippen molar-refractivity contribution in [3.05, 3.63) is 48.5 Å². The van der Waals surface area contributed by atoms with Crippen molar-refractivity contribution in [1.29, 1.82) is 0 Å². The van der Waals surface area contributed by atoms with E-state index in [0.717, 1.165) is 5.75 Å². The monoisotopic (exact) mass is 285 g/mol. The molecule has 1 atom stereocenters. The SMILES string of the molecule is CN(CC1COc2ccccc2O1)C(=O)c1cnccn1. The average Bonchev–Trinajstić information content (AvgIpc) is 2.55. The lowest BCUT2D eigenvalue weighted by Gasteiger charge is -2.29. The highest BCUT2D eigenvalue weighted by atomic mass is 16.6. The van der Waals surface area contributed by atoms with Gasteiger partial charge in [0.2, 0.25) is 0 Å². The summed E-state index contributed by atoms with van der Waals surface area (Å²) in [6.45, 7) is 0.832. The van der Waals surface area contributed by atoms with Crippen LogP contribution in [-0.2, 0) is 0 Å². The number of benzene rings is 1. The van der Waals surface area contributed by atoms with E-state index in [0.29, 0.717) is 24.6 Å². The van der Waals surface area contributed by atoms with Crippen molar-refractivity contribution in [3.63, 3.8) is 0 Å². The summed E-state index contributed by atoms with van der Waals surface area (Å²) in [4.78, 5) is 21.7. The van der Waals surface area contributed by atoms with Gasteiger partial charge in [0.05, 0.1) is 12.7 Å². The number of para-hydroxylation sites is 2. The van der Waals surface area contributed by atoms with Gasteiger partial charge in [-0.25, -0.2) is 4.98 Å². The number of amides is 1. The normalized spacial score (nSPS) is 16.3. The molecule has 0 spiro atoms. The first-order valence-electron chi connectivity index (χ1n) is 6.64. The van der Waals surface area contributed by atoms with Crippen LogP contribution in [0.1, 0.15) is 10.5 Å². The lowest BCUT2D eigenvalue weighted by molar-refractivity contribution is 0.0517. The van der Waals surface area contributed by atoms with E-state index in [9.17, 15) is 4.79 Å². The lowest BCUT2D eigenvalue weighted by Crippen LogP contribution is -2.42. The van der Waals surface area contributed by atoms with Crippen LogP contribution in [0.4, 0.5) is 0 Å². The summed E-state index contributed by atoms with van der Waals surface area (Å²) in [7, 11) is 1.71. The van der Waals surface area contributed by atoms with E-state index < -0.39 is 0 Å². The Kier molecular flexibility index (Phi) is 3.68. The van der Waals surface area contributed by atoms with Gasteiger partial charge in [0.15, 0.2) is 17.6 Å². The zero-order valence-corrected chi connectivity index (χ0v) is 11.6. The summed E-state index contributed by atoms with van der Waals surface area (Å²) in [5, 5.41) is 0. The van der Waals surface area contributed by atoms with E-state index in [1.165, 1.54) is 18.6 Å². The number of carbonyl (C=O) groups excluding carboxylic acids is 1. The highest BCUT2D eigenvalue weighted by Crippen LogP contribution is 2.30. The van der Waals surface area contributed by atoms with Gasteiger partial charge in [-0.1, -0.05) is 12.1 Å². The smallest absolute Gasteiger partial charge is 0.273 e. The first-order chi connectivity index (χ1) is 10.2. The number of hydrogen-bond donors (Lipinski definition) is 0. The van der Waals surface area contributed by atoms with Gasteiger partial charge in [-0.2, -0.15) is 0 Å². The lowest BCUT2D eigenvalue weighted by atomic mass is 10.2. The first kappa shape index (κ1) is 13.4. The minimum Gasteiger partial charge on any atom is -0.486 e. The molecule has 0 radical (unpaired) electrons. The largest absolute Gasteiger partial charge is 0.486 e. The van der Waals surface area contributed by atoms with Gasteiger partial charge in [-0.15, -0.1) is 0 Å². The van der Waals surface area contributed by atoms with Crippen LogP contribution in [0.2, 0.25) is 0 Å². The number of rotatable bonds is 3. The zero-order valence-electron chi connectivity index (χ0n) is 11.6. The Morgan fingerprint density at radius 3 is 2.90 bits per heavy atom. The molecule has 1 unspecified atom stereocenters. The first-order valence-corrected chi connectivity index (χ1v) is 6.64. The Morgan fingerprint density at radius 1 is 1.33 bits per heavy atom. The van der Waals surface area contributed by atoms with Crippen molar-refractivity contribution in [2.75, 3.05) is 20.2 Å². The van der Waals surface area contributed by atoms with E-state index in [-0.39, 0.29) is 12.0 Å². The van der Waals surface area contributed by atoms with Gasteiger partial charge in [0.1, 0.15) is 12.3 Å². The molecule has 2 heterocycles. The fourth-order valence-corrected chi connectivity index (χ4v) is 2.15. The molecule has 1 aliphatic rings. The van der Waals surface area contributed by atoms with Crippen LogP contribution >= 0.6 is 0 Å². The van der Waals surface area contributed by atoms with Crippen LogP contribution in [0.3, 0.4) is 0 Å². The summed E-state index contributed by atoms with van der Waals surface area (Å²) < 4.78 is 11.5. The molecule has 0 saturated heterocycles. The minimum absolute atomic E-state index is 0.189. The molecule has 6 nitrogen and oxygen atoms in total. The number of likely N-dealkylation sites (N-methyl/N-ethyl adjacent to an activating group) is 1. The van der Waals surface area contributed by atoms with Crippen molar-refractivity contribution >= 4 is 5.91 Å². The number of nitrogens with zero attached hydrogens (tertiary/aromatic N) is 3. The van der Waals surface area contributed by atoms with Gasteiger partial charge < -0.3 is 14.4 Å². The molecule has 1 amide bonds. The molecule has 3 rings (SSSR count). The Morgan fingerprint density at radius 2 is 2.14 bits per heavy atom. The quantitative estimate of drug-likeness (QED) is 0.852. The fourth-order valence-electron chi connectivity index (χ4n) is 2.15. The predicted molar refractivity (Wildman–Crippen MR) is 75.3 cm³/mol. The number of aromatic nitrogens is 2. The Labute approximate surface area is 122 Å². The van der Waals surface area contributed by atoms with E-state index in [1.54, 1.807) is 11.9 Å². The second-order valence-electron chi connectivity index (χ2n) is 4.77. The number of fused-ring (bicyclic) bond motifs is 1. The second-order valence-corrected chi connectivity index (χ2v) is 4.77. The molecule has 1 aromatic carbocycles. The maximum Gasteiger partial charge on any atom is 0.273 e. The van der Waals surface area contributed by atoms with Crippen LogP contribution in [0.5, 0.6) is 11.5 Å². The molecule has 0 saturated carbocycles. The fraction of sp³-hybridized carbons (Fsp3) is 0.267. The van der Waals surface area contributed by atoms with Gasteiger partial charge in [0, 0.05) is 19.4 Å². The number of hydrogen-bond acceptors (Lipinski definition) is 5. The molecule has 21 heavy (non-hydrogen) atoms. The third-order valence-corrected chi connectivity index (χ3v) is 3.17. The molecule has 6 heteroatoms. The van der Waals surface area contributed by atoms with Crippen LogP contribution in [-0.4, -0.2) is 47.1 Å². The minimum atomic E-state index is -0.203. The van der Waals surface area contributed by atoms with Gasteiger partial charge in [-0.05, 0) is 12.1 Å². The van der Waals surface area contributed by atoms with Crippen molar-refractivity contribution in [3.8, 4) is 11.5 Å².